The molecule has 0 bridgehead atoms. The van der Waals surface area contributed by atoms with Crippen LogP contribution in [0.1, 0.15) is 53.5 Å². The third-order valence-corrected chi connectivity index (χ3v) is 8.49. The van der Waals surface area contributed by atoms with Crippen molar-refractivity contribution in [1.82, 2.24) is 9.88 Å². The number of piperidine rings is 1. The van der Waals surface area contributed by atoms with Gasteiger partial charge < -0.3 is 14.7 Å². The van der Waals surface area contributed by atoms with Crippen molar-refractivity contribution in [3.8, 4) is 0 Å². The number of aryl methyl sites for hydroxylation is 2. The van der Waals surface area contributed by atoms with Crippen LogP contribution >= 0.6 is 0 Å². The smallest absolute Gasteiger partial charge is 0.367 e. The number of rotatable bonds is 4. The minimum absolute atomic E-state index is 0.157. The van der Waals surface area contributed by atoms with E-state index in [4.69, 9.17) is 4.74 Å². The second-order valence-corrected chi connectivity index (χ2v) is 10.6. The summed E-state index contributed by atoms with van der Waals surface area (Å²) in [5.74, 6) is 0.0900. The SMILES string of the molecule is COC(=O)c1ccc(N2CCN(C3CC[N+](=C(O)c4ccc(C)c(F)c4)CC3)[C@@]3(CC3C)C2)c(C)n1. The number of hydrogen-bond acceptors (Lipinski definition) is 5. The van der Waals surface area contributed by atoms with Crippen molar-refractivity contribution in [1.29, 1.82) is 0 Å². The molecule has 0 amide bonds. The van der Waals surface area contributed by atoms with Crippen molar-refractivity contribution >= 4 is 17.6 Å². The second kappa shape index (κ2) is 9.47. The van der Waals surface area contributed by atoms with Gasteiger partial charge in [0.15, 0.2) is 0 Å². The van der Waals surface area contributed by atoms with Gasteiger partial charge in [-0.2, -0.15) is 4.58 Å². The van der Waals surface area contributed by atoms with E-state index >= 15 is 0 Å². The monoisotopic (exact) mass is 495 g/mol. The molecule has 3 heterocycles. The number of benzene rings is 1. The molecule has 1 N–H and O–H groups in total. The van der Waals surface area contributed by atoms with Crippen LogP contribution < -0.4 is 4.90 Å². The molecular weight excluding hydrogens is 459 g/mol. The second-order valence-electron chi connectivity index (χ2n) is 10.6. The van der Waals surface area contributed by atoms with Crippen molar-refractivity contribution < 1.29 is 23.6 Å². The summed E-state index contributed by atoms with van der Waals surface area (Å²) in [6.07, 6.45) is 3.12. The fourth-order valence-electron chi connectivity index (χ4n) is 6.21. The van der Waals surface area contributed by atoms with E-state index < -0.39 is 5.97 Å². The number of anilines is 1. The van der Waals surface area contributed by atoms with Crippen LogP contribution in [-0.2, 0) is 4.74 Å². The highest BCUT2D eigenvalue weighted by Gasteiger charge is 2.59. The summed E-state index contributed by atoms with van der Waals surface area (Å²) < 4.78 is 20.8. The number of carbonyl (C=O) groups excluding carboxylic acids is 1. The van der Waals surface area contributed by atoms with Crippen LogP contribution in [0.4, 0.5) is 10.1 Å². The number of aliphatic hydroxyl groups excluding tert-OH is 1. The quantitative estimate of drug-likeness (QED) is 0.396. The fourth-order valence-corrected chi connectivity index (χ4v) is 6.21. The topological polar surface area (TPSA) is 68.9 Å². The number of nitrogens with zero attached hydrogens (tertiary/aromatic N) is 4. The van der Waals surface area contributed by atoms with E-state index in [0.29, 0.717) is 28.8 Å². The lowest BCUT2D eigenvalue weighted by Gasteiger charge is -2.48. The molecule has 1 aromatic heterocycles. The number of aromatic nitrogens is 1. The van der Waals surface area contributed by atoms with Gasteiger partial charge in [0.25, 0.3) is 0 Å². The Morgan fingerprint density at radius 1 is 1.19 bits per heavy atom. The van der Waals surface area contributed by atoms with E-state index in [2.05, 4.69) is 21.7 Å². The first-order valence-electron chi connectivity index (χ1n) is 12.9. The Labute approximate surface area is 212 Å². The number of aliphatic hydroxyl groups is 1. The van der Waals surface area contributed by atoms with Crippen LogP contribution in [0.2, 0.25) is 0 Å². The van der Waals surface area contributed by atoms with Gasteiger partial charge in [0.05, 0.1) is 24.1 Å². The maximum atomic E-state index is 14.0. The zero-order valence-electron chi connectivity index (χ0n) is 21.6. The predicted octanol–water partition coefficient (Wildman–Crippen LogP) is 3.70. The Hall–Kier alpha value is -3.00. The molecule has 2 aliphatic heterocycles. The van der Waals surface area contributed by atoms with Crippen LogP contribution in [0.5, 0.6) is 0 Å². The molecule has 7 nitrogen and oxygen atoms in total. The van der Waals surface area contributed by atoms with Crippen LogP contribution in [0.25, 0.3) is 0 Å². The number of halogens is 1. The van der Waals surface area contributed by atoms with Gasteiger partial charge in [-0.1, -0.05) is 13.0 Å². The summed E-state index contributed by atoms with van der Waals surface area (Å²) >= 11 is 0. The van der Waals surface area contributed by atoms with Crippen molar-refractivity contribution in [3.05, 3.63) is 58.7 Å². The molecule has 1 unspecified atom stereocenters. The van der Waals surface area contributed by atoms with Crippen molar-refractivity contribution in [3.63, 3.8) is 0 Å². The Balaban J connectivity index is 1.28. The molecule has 8 heteroatoms. The zero-order chi connectivity index (χ0) is 25.6. The third-order valence-electron chi connectivity index (χ3n) is 8.49. The van der Waals surface area contributed by atoms with E-state index in [1.165, 1.54) is 19.6 Å². The third kappa shape index (κ3) is 4.36. The molecule has 36 heavy (non-hydrogen) atoms. The molecule has 3 aliphatic rings. The Kier molecular flexibility index (Phi) is 6.49. The number of piperazine rings is 1. The zero-order valence-corrected chi connectivity index (χ0v) is 21.6. The van der Waals surface area contributed by atoms with Crippen LogP contribution in [0.3, 0.4) is 0 Å². The van der Waals surface area contributed by atoms with Gasteiger partial charge in [0, 0.05) is 44.1 Å². The van der Waals surface area contributed by atoms with E-state index in [1.807, 2.05) is 17.6 Å². The molecular formula is C28H36FN4O3+. The highest BCUT2D eigenvalue weighted by atomic mass is 19.1. The van der Waals surface area contributed by atoms with Crippen molar-refractivity contribution in [2.75, 3.05) is 44.7 Å². The maximum absolute atomic E-state index is 14.0. The number of esters is 1. The Morgan fingerprint density at radius 2 is 1.92 bits per heavy atom. The van der Waals surface area contributed by atoms with Crippen LogP contribution in [0.15, 0.2) is 30.3 Å². The first-order chi connectivity index (χ1) is 17.2. The van der Waals surface area contributed by atoms with Gasteiger partial charge >= 0.3 is 11.9 Å². The summed E-state index contributed by atoms with van der Waals surface area (Å²) in [6.45, 7) is 10.4. The summed E-state index contributed by atoms with van der Waals surface area (Å²) in [7, 11) is 1.37. The van der Waals surface area contributed by atoms with Crippen molar-refractivity contribution in [2.24, 2.45) is 5.92 Å². The summed E-state index contributed by atoms with van der Waals surface area (Å²) in [6, 6.07) is 9.14. The van der Waals surface area contributed by atoms with Gasteiger partial charge in [0.2, 0.25) is 0 Å². The lowest BCUT2D eigenvalue weighted by molar-refractivity contribution is -0.547. The number of hydrogen-bond donors (Lipinski definition) is 1. The molecule has 1 aromatic carbocycles. The van der Waals surface area contributed by atoms with Gasteiger partial charge in [-0.15, -0.1) is 0 Å². The van der Waals surface area contributed by atoms with Crippen LogP contribution in [0, 0.1) is 25.6 Å². The average Bonchev–Trinajstić information content (AvgIpc) is 3.52. The van der Waals surface area contributed by atoms with Crippen molar-refractivity contribution in [2.45, 2.75) is 51.6 Å². The van der Waals surface area contributed by atoms with E-state index in [9.17, 15) is 14.3 Å². The lowest BCUT2D eigenvalue weighted by atomic mass is 9.97. The van der Waals surface area contributed by atoms with Crippen LogP contribution in [-0.4, -0.2) is 82.8 Å². The van der Waals surface area contributed by atoms with Gasteiger partial charge in [-0.3, -0.25) is 4.90 Å². The predicted molar refractivity (Wildman–Crippen MR) is 137 cm³/mol. The summed E-state index contributed by atoms with van der Waals surface area (Å²) in [4.78, 5) is 21.5. The minimum atomic E-state index is -0.413. The number of carbonyl (C=O) groups is 1. The molecule has 2 aromatic rings. The molecule has 3 fully saturated rings. The van der Waals surface area contributed by atoms with Gasteiger partial charge in [0.1, 0.15) is 24.6 Å². The minimum Gasteiger partial charge on any atom is -0.464 e. The number of pyridine rings is 1. The lowest BCUT2D eigenvalue weighted by Crippen LogP contribution is -2.60. The molecule has 1 spiro atoms. The fraction of sp³-hybridized carbons (Fsp3) is 0.536. The number of ether oxygens (including phenoxy) is 1. The molecule has 0 radical (unpaired) electrons. The van der Waals surface area contributed by atoms with E-state index in [1.54, 1.807) is 25.1 Å². The first-order valence-corrected chi connectivity index (χ1v) is 12.9. The normalized spacial score (nSPS) is 26.2. The molecule has 5 rings (SSSR count). The van der Waals surface area contributed by atoms with E-state index in [-0.39, 0.29) is 17.3 Å². The Bertz CT molecular complexity index is 1210. The van der Waals surface area contributed by atoms with E-state index in [0.717, 1.165) is 56.9 Å². The molecule has 1 aliphatic carbocycles. The molecule has 2 saturated heterocycles. The number of methoxy groups -OCH3 is 1. The maximum Gasteiger partial charge on any atom is 0.367 e. The average molecular weight is 496 g/mol. The highest BCUT2D eigenvalue weighted by molar-refractivity contribution is 5.88. The summed E-state index contributed by atoms with van der Waals surface area (Å²) in [5, 5.41) is 10.8. The van der Waals surface area contributed by atoms with Gasteiger partial charge in [-0.05, 0) is 56.0 Å². The van der Waals surface area contributed by atoms with Gasteiger partial charge in [-0.25, -0.2) is 14.2 Å². The highest BCUT2D eigenvalue weighted by Crippen LogP contribution is 2.52. The first kappa shape index (κ1) is 24.7. The molecule has 2 atom stereocenters. The Morgan fingerprint density at radius 3 is 2.53 bits per heavy atom. The summed E-state index contributed by atoms with van der Waals surface area (Å²) in [5.41, 5.74) is 3.55. The molecule has 1 saturated carbocycles. The molecule has 192 valence electrons. The largest absolute Gasteiger partial charge is 0.464 e. The standard InChI is InChI=1S/C28H35FN4O3/c1-18-5-6-21(15-23(18)29)26(34)31-11-9-22(10-12-31)33-14-13-32(17-28(33)16-19(28)2)25-8-7-24(27(35)36-4)30-20(25)3/h5-8,15,19,22H,9-14,16-17H2,1-4H3/p+1/t19?,28-/m0/s1.